The third-order valence-corrected chi connectivity index (χ3v) is 4.10. The molecule has 0 saturated heterocycles. The molecule has 0 bridgehead atoms. The number of rotatable bonds is 2. The van der Waals surface area contributed by atoms with E-state index in [0.717, 1.165) is 6.42 Å². The molecule has 0 fully saturated rings. The molecule has 1 aliphatic rings. The molecule has 4 rings (SSSR count). The second-order valence-corrected chi connectivity index (χ2v) is 5.99. The first kappa shape index (κ1) is 11.7. The minimum absolute atomic E-state index is 0.628. The summed E-state index contributed by atoms with van der Waals surface area (Å²) in [6.45, 7) is 4.50. The molecule has 1 aliphatic carbocycles. The van der Waals surface area contributed by atoms with Gasteiger partial charge in [0.05, 0.1) is 0 Å². The van der Waals surface area contributed by atoms with E-state index in [-0.39, 0.29) is 0 Å². The Bertz CT molecular complexity index is 786. The molecule has 0 spiro atoms. The van der Waals surface area contributed by atoms with Gasteiger partial charge < -0.3 is 0 Å². The zero-order valence-electron chi connectivity index (χ0n) is 11.9. The Kier molecular flexibility index (Phi) is 2.43. The van der Waals surface area contributed by atoms with Crippen LogP contribution in [-0.2, 0) is 6.42 Å². The van der Waals surface area contributed by atoms with E-state index in [2.05, 4.69) is 62.5 Å². The van der Waals surface area contributed by atoms with Gasteiger partial charge in [0.1, 0.15) is 0 Å². The Balaban J connectivity index is 2.07. The van der Waals surface area contributed by atoms with Gasteiger partial charge >= 0.3 is 0 Å². The maximum absolute atomic E-state index is 4.75. The van der Waals surface area contributed by atoms with Gasteiger partial charge in [0.2, 0.25) is 0 Å². The van der Waals surface area contributed by atoms with Crippen molar-refractivity contribution in [3.05, 3.63) is 54.4 Å². The Morgan fingerprint density at radius 1 is 0.850 bits per heavy atom. The summed E-state index contributed by atoms with van der Waals surface area (Å²) in [5.41, 5.74) is 6.55. The van der Waals surface area contributed by atoms with E-state index >= 15 is 0 Å². The lowest BCUT2D eigenvalue weighted by atomic mass is 9.98. The molecule has 20 heavy (non-hydrogen) atoms. The summed E-state index contributed by atoms with van der Waals surface area (Å²) in [5, 5.41) is 2.71. The van der Waals surface area contributed by atoms with Crippen LogP contribution in [-0.4, -0.2) is 4.98 Å². The Morgan fingerprint density at radius 2 is 1.55 bits per heavy atom. The summed E-state index contributed by atoms with van der Waals surface area (Å²) in [7, 11) is 0. The van der Waals surface area contributed by atoms with Crippen molar-refractivity contribution >= 4 is 10.8 Å². The summed E-state index contributed by atoms with van der Waals surface area (Å²) in [5.74, 6) is 0.628. The second kappa shape index (κ2) is 4.17. The van der Waals surface area contributed by atoms with Crippen LogP contribution in [0.2, 0.25) is 0 Å². The quantitative estimate of drug-likeness (QED) is 0.489. The average Bonchev–Trinajstić information content (AvgIpc) is 2.78. The Labute approximate surface area is 119 Å². The highest BCUT2D eigenvalue weighted by atomic mass is 14.7. The highest BCUT2D eigenvalue weighted by Crippen LogP contribution is 2.47. The van der Waals surface area contributed by atoms with Crippen LogP contribution in [0.25, 0.3) is 33.0 Å². The average molecular weight is 259 g/mol. The fourth-order valence-electron chi connectivity index (χ4n) is 3.29. The van der Waals surface area contributed by atoms with Crippen LogP contribution in [0.1, 0.15) is 19.5 Å². The van der Waals surface area contributed by atoms with Crippen molar-refractivity contribution in [2.24, 2.45) is 5.92 Å². The molecule has 3 aromatic rings. The largest absolute Gasteiger partial charge is 0.260 e. The van der Waals surface area contributed by atoms with Crippen molar-refractivity contribution in [3.63, 3.8) is 0 Å². The molecule has 0 amide bonds. The van der Waals surface area contributed by atoms with Gasteiger partial charge in [-0.25, -0.2) is 0 Å². The molecule has 0 unspecified atom stereocenters. The summed E-state index contributed by atoms with van der Waals surface area (Å²) in [6.07, 6.45) is 3.10. The molecule has 2 aromatic carbocycles. The van der Waals surface area contributed by atoms with Crippen LogP contribution < -0.4 is 0 Å². The van der Waals surface area contributed by atoms with E-state index in [4.69, 9.17) is 4.98 Å². The molecule has 0 aliphatic heterocycles. The van der Waals surface area contributed by atoms with E-state index < -0.39 is 0 Å². The van der Waals surface area contributed by atoms with Crippen LogP contribution >= 0.6 is 0 Å². The van der Waals surface area contributed by atoms with Crippen LogP contribution in [0, 0.1) is 5.92 Å². The zero-order valence-corrected chi connectivity index (χ0v) is 11.9. The highest BCUT2D eigenvalue weighted by molar-refractivity contribution is 6.15. The van der Waals surface area contributed by atoms with Crippen molar-refractivity contribution in [2.75, 3.05) is 0 Å². The molecule has 98 valence electrons. The van der Waals surface area contributed by atoms with Crippen LogP contribution in [0.15, 0.2) is 48.7 Å². The van der Waals surface area contributed by atoms with Crippen LogP contribution in [0.4, 0.5) is 0 Å². The lowest BCUT2D eigenvalue weighted by molar-refractivity contribution is 0.639. The van der Waals surface area contributed by atoms with Gasteiger partial charge in [-0.2, -0.15) is 0 Å². The number of hydrogen-bond donors (Lipinski definition) is 0. The zero-order chi connectivity index (χ0) is 13.7. The maximum Gasteiger partial charge on any atom is 0.0485 e. The molecule has 0 atom stereocenters. The first-order chi connectivity index (χ1) is 9.75. The monoisotopic (exact) mass is 259 g/mol. The third-order valence-electron chi connectivity index (χ3n) is 4.10. The molecule has 1 heteroatoms. The molecule has 0 N–H and O–H groups in total. The van der Waals surface area contributed by atoms with Gasteiger partial charge in [-0.05, 0) is 29.0 Å². The van der Waals surface area contributed by atoms with E-state index in [1.165, 1.54) is 38.7 Å². The predicted molar refractivity (Wildman–Crippen MR) is 84.7 cm³/mol. The van der Waals surface area contributed by atoms with E-state index in [9.17, 15) is 0 Å². The fourth-order valence-corrected chi connectivity index (χ4v) is 3.29. The molecular formula is C19H17N. The first-order valence-corrected chi connectivity index (χ1v) is 7.26. The predicted octanol–water partition coefficient (Wildman–Crippen LogP) is 5.08. The van der Waals surface area contributed by atoms with E-state index in [0.29, 0.717) is 5.92 Å². The molecular weight excluding hydrogens is 242 g/mol. The van der Waals surface area contributed by atoms with Crippen molar-refractivity contribution in [1.29, 1.82) is 0 Å². The molecule has 1 aromatic heterocycles. The molecule has 0 saturated carbocycles. The second-order valence-electron chi connectivity index (χ2n) is 5.99. The smallest absolute Gasteiger partial charge is 0.0485 e. The van der Waals surface area contributed by atoms with Crippen LogP contribution in [0.5, 0.6) is 0 Å². The van der Waals surface area contributed by atoms with E-state index in [1.54, 1.807) is 0 Å². The third kappa shape index (κ3) is 1.53. The fraction of sp³-hybridized carbons (Fsp3) is 0.211. The molecule has 1 nitrogen and oxygen atoms in total. The normalized spacial score (nSPS) is 12.2. The summed E-state index contributed by atoms with van der Waals surface area (Å²) < 4.78 is 0. The van der Waals surface area contributed by atoms with Gasteiger partial charge in [0.25, 0.3) is 0 Å². The maximum atomic E-state index is 4.75. The minimum atomic E-state index is 0.628. The first-order valence-electron chi connectivity index (χ1n) is 7.26. The van der Waals surface area contributed by atoms with Crippen molar-refractivity contribution < 1.29 is 0 Å². The number of fused-ring (bicyclic) bond motifs is 3. The van der Waals surface area contributed by atoms with Gasteiger partial charge in [0.15, 0.2) is 0 Å². The van der Waals surface area contributed by atoms with Crippen molar-refractivity contribution in [1.82, 2.24) is 4.98 Å². The number of pyridine rings is 1. The SMILES string of the molecule is CC(C)Cc1ncc2c3c(cccc13)-c1ccccc1-2. The summed E-state index contributed by atoms with van der Waals surface area (Å²) in [6, 6.07) is 15.3. The van der Waals surface area contributed by atoms with Crippen molar-refractivity contribution in [3.8, 4) is 22.3 Å². The van der Waals surface area contributed by atoms with Crippen molar-refractivity contribution in [2.45, 2.75) is 20.3 Å². The minimum Gasteiger partial charge on any atom is -0.260 e. The van der Waals surface area contributed by atoms with Gasteiger partial charge in [-0.3, -0.25) is 4.98 Å². The lowest BCUT2D eigenvalue weighted by Gasteiger charge is -2.09. The number of aromatic nitrogens is 1. The summed E-state index contributed by atoms with van der Waals surface area (Å²) in [4.78, 5) is 4.75. The highest BCUT2D eigenvalue weighted by Gasteiger charge is 2.22. The Morgan fingerprint density at radius 3 is 2.30 bits per heavy atom. The van der Waals surface area contributed by atoms with E-state index in [1.807, 2.05) is 0 Å². The summed E-state index contributed by atoms with van der Waals surface area (Å²) >= 11 is 0. The number of benzene rings is 2. The van der Waals surface area contributed by atoms with Gasteiger partial charge in [-0.15, -0.1) is 0 Å². The lowest BCUT2D eigenvalue weighted by Crippen LogP contribution is -1.98. The number of hydrogen-bond acceptors (Lipinski definition) is 1. The standard InChI is InChI=1S/C19H17N/c1-12(2)10-18-16-9-5-8-15-13-6-3-4-7-14(13)17(11-20-18)19(15)16/h3-9,11-12H,10H2,1-2H3. The van der Waals surface area contributed by atoms with Gasteiger partial charge in [0, 0.05) is 28.2 Å². The topological polar surface area (TPSA) is 12.9 Å². The Hall–Kier alpha value is -2.15. The number of nitrogens with zero attached hydrogens (tertiary/aromatic N) is 1. The molecule has 1 heterocycles. The van der Waals surface area contributed by atoms with Gasteiger partial charge in [-0.1, -0.05) is 56.3 Å². The molecule has 0 radical (unpaired) electrons. The van der Waals surface area contributed by atoms with Crippen LogP contribution in [0.3, 0.4) is 0 Å².